The van der Waals surface area contributed by atoms with E-state index in [1.807, 2.05) is 0 Å². The first-order valence-corrected chi connectivity index (χ1v) is 6.72. The normalized spacial score (nSPS) is 28.6. The molecule has 0 radical (unpaired) electrons. The van der Waals surface area contributed by atoms with E-state index >= 15 is 0 Å². The number of hydrogen-bond donors (Lipinski definition) is 1. The van der Waals surface area contributed by atoms with Crippen LogP contribution in [0.5, 0.6) is 0 Å². The molecule has 1 aromatic carbocycles. The van der Waals surface area contributed by atoms with Crippen LogP contribution in [0.2, 0.25) is 0 Å². The van der Waals surface area contributed by atoms with E-state index in [1.165, 1.54) is 12.1 Å². The summed E-state index contributed by atoms with van der Waals surface area (Å²) in [5.74, 6) is -1.10. The Morgan fingerprint density at radius 3 is 2.47 bits per heavy atom. The van der Waals surface area contributed by atoms with Gasteiger partial charge < -0.3 is 10.5 Å². The van der Waals surface area contributed by atoms with Crippen LogP contribution in [0.4, 0.5) is 8.78 Å². The third kappa shape index (κ3) is 2.63. The summed E-state index contributed by atoms with van der Waals surface area (Å²) in [5.41, 5.74) is 6.38. The van der Waals surface area contributed by atoms with Crippen molar-refractivity contribution in [3.63, 3.8) is 0 Å². The molecule has 0 amide bonds. The van der Waals surface area contributed by atoms with E-state index < -0.39 is 11.6 Å². The Morgan fingerprint density at radius 2 is 1.89 bits per heavy atom. The van der Waals surface area contributed by atoms with Crippen LogP contribution in [0, 0.1) is 11.6 Å². The zero-order valence-electron chi connectivity index (χ0n) is 10.7. The average molecular weight is 268 g/mol. The van der Waals surface area contributed by atoms with E-state index in [0.29, 0.717) is 24.8 Å². The molecule has 5 heteroatoms. The Kier molecular flexibility index (Phi) is 3.52. The van der Waals surface area contributed by atoms with Gasteiger partial charge in [-0.25, -0.2) is 8.78 Å². The number of nitrogens with zero attached hydrogens (tertiary/aromatic N) is 1. The lowest BCUT2D eigenvalue weighted by atomic mass is 9.97. The zero-order chi connectivity index (χ0) is 13.4. The molecule has 104 valence electrons. The molecular formula is C14H18F2N2O. The van der Waals surface area contributed by atoms with Crippen LogP contribution >= 0.6 is 0 Å². The van der Waals surface area contributed by atoms with Gasteiger partial charge in [-0.15, -0.1) is 0 Å². The Labute approximate surface area is 111 Å². The number of nitrogens with two attached hydrogens (primary N) is 1. The van der Waals surface area contributed by atoms with Crippen LogP contribution < -0.4 is 5.73 Å². The predicted octanol–water partition coefficient (Wildman–Crippen LogP) is 1.83. The van der Waals surface area contributed by atoms with Crippen molar-refractivity contribution in [3.05, 3.63) is 35.4 Å². The summed E-state index contributed by atoms with van der Waals surface area (Å²) in [4.78, 5) is 2.29. The highest BCUT2D eigenvalue weighted by molar-refractivity contribution is 5.24. The van der Waals surface area contributed by atoms with Gasteiger partial charge in [-0.3, -0.25) is 4.90 Å². The first-order valence-electron chi connectivity index (χ1n) is 6.72. The molecule has 1 aromatic rings. The number of ether oxygens (including phenoxy) is 1. The van der Waals surface area contributed by atoms with Crippen LogP contribution in [-0.4, -0.2) is 36.7 Å². The van der Waals surface area contributed by atoms with E-state index in [0.717, 1.165) is 25.5 Å². The van der Waals surface area contributed by atoms with E-state index in [1.54, 1.807) is 0 Å². The molecule has 1 aliphatic heterocycles. The van der Waals surface area contributed by atoms with E-state index in [-0.39, 0.29) is 12.1 Å². The summed E-state index contributed by atoms with van der Waals surface area (Å²) in [6.45, 7) is 1.78. The highest BCUT2D eigenvalue weighted by Gasteiger charge is 2.41. The number of morpholine rings is 1. The number of hydrogen-bond acceptors (Lipinski definition) is 3. The van der Waals surface area contributed by atoms with Crippen molar-refractivity contribution in [1.82, 2.24) is 4.90 Å². The topological polar surface area (TPSA) is 38.5 Å². The molecule has 19 heavy (non-hydrogen) atoms. The van der Waals surface area contributed by atoms with Gasteiger partial charge in [0.2, 0.25) is 0 Å². The number of rotatable bonds is 3. The summed E-state index contributed by atoms with van der Waals surface area (Å²) >= 11 is 0. The van der Waals surface area contributed by atoms with E-state index in [9.17, 15) is 8.78 Å². The van der Waals surface area contributed by atoms with Gasteiger partial charge in [0.05, 0.1) is 18.8 Å². The van der Waals surface area contributed by atoms with Crippen LogP contribution in [0.1, 0.15) is 24.4 Å². The van der Waals surface area contributed by atoms with Crippen LogP contribution in [-0.2, 0) is 4.74 Å². The lowest BCUT2D eigenvalue weighted by Gasteiger charge is -2.41. The Bertz CT molecular complexity index is 445. The molecule has 2 atom stereocenters. The number of benzene rings is 1. The fourth-order valence-corrected chi connectivity index (χ4v) is 2.92. The first-order chi connectivity index (χ1) is 9.19. The predicted molar refractivity (Wildman–Crippen MR) is 67.6 cm³/mol. The molecule has 2 aliphatic rings. The summed E-state index contributed by atoms with van der Waals surface area (Å²) in [7, 11) is 0. The monoisotopic (exact) mass is 268 g/mol. The summed E-state index contributed by atoms with van der Waals surface area (Å²) < 4.78 is 32.5. The molecule has 3 nitrogen and oxygen atoms in total. The van der Waals surface area contributed by atoms with Crippen molar-refractivity contribution in [2.45, 2.75) is 31.0 Å². The van der Waals surface area contributed by atoms with Crippen molar-refractivity contribution < 1.29 is 13.5 Å². The standard InChI is InChI=1S/C14H18F2N2O/c15-10-5-9(6-11(16)7-10)14-13(8-17)19-4-3-18(14)12-1-2-12/h5-7,12-14H,1-4,8,17H2. The first kappa shape index (κ1) is 13.0. The average Bonchev–Trinajstić information content (AvgIpc) is 3.20. The molecule has 1 heterocycles. The lowest BCUT2D eigenvalue weighted by Crippen LogP contribution is -2.49. The Morgan fingerprint density at radius 1 is 1.21 bits per heavy atom. The molecule has 2 fully saturated rings. The SMILES string of the molecule is NCC1OCCN(C2CC2)C1c1cc(F)cc(F)c1. The lowest BCUT2D eigenvalue weighted by molar-refractivity contribution is -0.0713. The summed E-state index contributed by atoms with van der Waals surface area (Å²) in [6, 6.07) is 4.04. The van der Waals surface area contributed by atoms with Crippen LogP contribution in [0.15, 0.2) is 18.2 Å². The van der Waals surface area contributed by atoms with Gasteiger partial charge in [0, 0.05) is 25.2 Å². The van der Waals surface area contributed by atoms with Gasteiger partial charge in [0.25, 0.3) is 0 Å². The molecular weight excluding hydrogens is 250 g/mol. The second-order valence-electron chi connectivity index (χ2n) is 5.26. The van der Waals surface area contributed by atoms with Gasteiger partial charge in [0.1, 0.15) is 11.6 Å². The Hall–Kier alpha value is -1.04. The molecule has 3 rings (SSSR count). The highest BCUT2D eigenvalue weighted by atomic mass is 19.1. The largest absolute Gasteiger partial charge is 0.374 e. The fraction of sp³-hybridized carbons (Fsp3) is 0.571. The molecule has 2 unspecified atom stereocenters. The quantitative estimate of drug-likeness (QED) is 0.909. The van der Waals surface area contributed by atoms with Crippen LogP contribution in [0.25, 0.3) is 0 Å². The van der Waals surface area contributed by atoms with Crippen molar-refractivity contribution in [1.29, 1.82) is 0 Å². The van der Waals surface area contributed by atoms with Gasteiger partial charge >= 0.3 is 0 Å². The molecule has 1 aliphatic carbocycles. The van der Waals surface area contributed by atoms with Gasteiger partial charge in [-0.05, 0) is 30.5 Å². The highest BCUT2D eigenvalue weighted by Crippen LogP contribution is 2.38. The summed E-state index contributed by atoms with van der Waals surface area (Å²) in [5, 5.41) is 0. The maximum atomic E-state index is 13.4. The molecule has 1 saturated heterocycles. The molecule has 1 saturated carbocycles. The van der Waals surface area contributed by atoms with E-state index in [4.69, 9.17) is 10.5 Å². The van der Waals surface area contributed by atoms with E-state index in [2.05, 4.69) is 4.90 Å². The minimum absolute atomic E-state index is 0.142. The maximum Gasteiger partial charge on any atom is 0.126 e. The zero-order valence-corrected chi connectivity index (χ0v) is 10.7. The summed E-state index contributed by atoms with van der Waals surface area (Å²) in [6.07, 6.45) is 2.09. The Balaban J connectivity index is 1.95. The fourth-order valence-electron chi connectivity index (χ4n) is 2.92. The number of halogens is 2. The van der Waals surface area contributed by atoms with Crippen molar-refractivity contribution in [2.75, 3.05) is 19.7 Å². The van der Waals surface area contributed by atoms with Gasteiger partial charge in [-0.2, -0.15) is 0 Å². The smallest absolute Gasteiger partial charge is 0.126 e. The van der Waals surface area contributed by atoms with Gasteiger partial charge in [-0.1, -0.05) is 0 Å². The minimum Gasteiger partial charge on any atom is -0.374 e. The third-order valence-electron chi connectivity index (χ3n) is 3.87. The second kappa shape index (κ2) is 5.15. The van der Waals surface area contributed by atoms with Crippen molar-refractivity contribution in [3.8, 4) is 0 Å². The molecule has 0 aromatic heterocycles. The third-order valence-corrected chi connectivity index (χ3v) is 3.87. The van der Waals surface area contributed by atoms with Crippen molar-refractivity contribution >= 4 is 0 Å². The van der Waals surface area contributed by atoms with Crippen LogP contribution in [0.3, 0.4) is 0 Å². The van der Waals surface area contributed by atoms with Gasteiger partial charge in [0.15, 0.2) is 0 Å². The molecule has 0 spiro atoms. The van der Waals surface area contributed by atoms with Crippen molar-refractivity contribution in [2.24, 2.45) is 5.73 Å². The maximum absolute atomic E-state index is 13.4. The molecule has 0 bridgehead atoms. The molecule has 2 N–H and O–H groups in total. The minimum atomic E-state index is -0.549. The second-order valence-corrected chi connectivity index (χ2v) is 5.26.